The molecule has 4 bridgehead atoms. The zero-order chi connectivity index (χ0) is 27.6. The quantitative estimate of drug-likeness (QED) is 0.451. The molecule has 0 aromatic carbocycles. The molecule has 5 aliphatic carbocycles. The number of hydrogen-bond acceptors (Lipinski definition) is 7. The van der Waals surface area contributed by atoms with Gasteiger partial charge in [0.1, 0.15) is 6.04 Å². The van der Waals surface area contributed by atoms with Gasteiger partial charge in [0.25, 0.3) is 11.8 Å². The highest BCUT2D eigenvalue weighted by molar-refractivity contribution is 6.23. The summed E-state index contributed by atoms with van der Waals surface area (Å²) in [6.07, 6.45) is 14.1. The van der Waals surface area contributed by atoms with Crippen molar-refractivity contribution >= 4 is 23.6 Å². The molecule has 9 heteroatoms. The Balaban J connectivity index is 0.990. The maximum Gasteiger partial charge on any atom is 0.262 e. The smallest absolute Gasteiger partial charge is 0.262 e. The van der Waals surface area contributed by atoms with Crippen LogP contribution in [0.2, 0.25) is 0 Å². The van der Waals surface area contributed by atoms with Crippen molar-refractivity contribution in [3.8, 4) is 0 Å². The third-order valence-corrected chi connectivity index (χ3v) is 10.2. The Morgan fingerprint density at radius 2 is 1.73 bits per heavy atom. The number of amides is 4. The fraction of sp³-hybridized carbons (Fsp3) is 0.581. The summed E-state index contributed by atoms with van der Waals surface area (Å²) in [5.41, 5.74) is 3.07. The number of nitrogens with one attached hydrogen (secondary N) is 3. The Labute approximate surface area is 234 Å². The van der Waals surface area contributed by atoms with Crippen LogP contribution in [-0.4, -0.2) is 51.1 Å². The van der Waals surface area contributed by atoms with Crippen molar-refractivity contribution in [2.75, 3.05) is 0 Å². The van der Waals surface area contributed by atoms with Crippen LogP contribution in [0.1, 0.15) is 69.5 Å². The maximum absolute atomic E-state index is 13.5. The van der Waals surface area contributed by atoms with E-state index in [9.17, 15) is 19.2 Å². The summed E-state index contributed by atoms with van der Waals surface area (Å²) in [6, 6.07) is 2.81. The van der Waals surface area contributed by atoms with E-state index in [1.807, 2.05) is 25.3 Å². The summed E-state index contributed by atoms with van der Waals surface area (Å²) < 4.78 is 0. The number of piperidine rings is 1. The Bertz CT molecular complexity index is 1300. The topological polar surface area (TPSA) is 121 Å². The molecule has 1 saturated heterocycles. The molecule has 9 nitrogen and oxygen atoms in total. The molecule has 5 fully saturated rings. The average molecular weight is 544 g/mol. The molecule has 1 aromatic heterocycles. The molecular weight excluding hydrogens is 506 g/mol. The predicted molar refractivity (Wildman–Crippen MR) is 146 cm³/mol. The van der Waals surface area contributed by atoms with Crippen molar-refractivity contribution in [1.29, 1.82) is 0 Å². The van der Waals surface area contributed by atoms with Gasteiger partial charge in [-0.05, 0) is 80.2 Å². The van der Waals surface area contributed by atoms with Crippen LogP contribution in [0.15, 0.2) is 41.6 Å². The molecule has 8 rings (SSSR count). The van der Waals surface area contributed by atoms with E-state index in [-0.39, 0.29) is 30.7 Å². The van der Waals surface area contributed by atoms with Crippen LogP contribution in [0.4, 0.5) is 0 Å². The third kappa shape index (κ3) is 4.43. The van der Waals surface area contributed by atoms with E-state index in [1.54, 1.807) is 6.08 Å². The molecular formula is C31H37N5O4. The van der Waals surface area contributed by atoms with Crippen molar-refractivity contribution in [2.45, 2.75) is 89.0 Å². The summed E-state index contributed by atoms with van der Waals surface area (Å²) >= 11 is 0. The van der Waals surface area contributed by atoms with E-state index in [2.05, 4.69) is 22.0 Å². The van der Waals surface area contributed by atoms with Crippen LogP contribution in [0.5, 0.6) is 0 Å². The maximum atomic E-state index is 13.5. The molecule has 3 atom stereocenters. The van der Waals surface area contributed by atoms with Crippen LogP contribution in [0, 0.1) is 23.7 Å². The first-order valence-electron chi connectivity index (χ1n) is 14.8. The van der Waals surface area contributed by atoms with E-state index in [0.717, 1.165) is 34.9 Å². The van der Waals surface area contributed by atoms with Crippen molar-refractivity contribution < 1.29 is 19.2 Å². The summed E-state index contributed by atoms with van der Waals surface area (Å²) in [7, 11) is 0. The lowest BCUT2D eigenvalue weighted by Crippen LogP contribution is -2.58. The molecule has 1 aromatic rings. The van der Waals surface area contributed by atoms with Gasteiger partial charge in [-0.3, -0.25) is 34.4 Å². The minimum atomic E-state index is -0.964. The summed E-state index contributed by atoms with van der Waals surface area (Å²) in [5, 5.41) is 9.64. The van der Waals surface area contributed by atoms with Gasteiger partial charge in [0.2, 0.25) is 11.8 Å². The van der Waals surface area contributed by atoms with E-state index in [4.69, 9.17) is 4.98 Å². The molecule has 7 aliphatic rings. The number of hydrogen-bond donors (Lipinski definition) is 3. The molecule has 40 heavy (non-hydrogen) atoms. The lowest BCUT2D eigenvalue weighted by molar-refractivity contribution is -0.150. The molecule has 4 saturated carbocycles. The second-order valence-electron chi connectivity index (χ2n) is 13.1. The summed E-state index contributed by atoms with van der Waals surface area (Å²) in [6.45, 7) is 3.28. The first-order valence-corrected chi connectivity index (χ1v) is 14.8. The van der Waals surface area contributed by atoms with Crippen LogP contribution >= 0.6 is 0 Å². The molecule has 3 heterocycles. The van der Waals surface area contributed by atoms with Crippen molar-refractivity contribution in [1.82, 2.24) is 25.8 Å². The normalized spacial score (nSPS) is 36.5. The SMILES string of the molecule is CC1C=CC2=C(C(=O)N(C3CCC(=O)NC3=O)C2=O)C1NCc1ccc(CNC23CC4CC(CC(C4)C2)C3)cn1. The van der Waals surface area contributed by atoms with Gasteiger partial charge in [-0.25, -0.2) is 0 Å². The van der Waals surface area contributed by atoms with E-state index < -0.39 is 23.8 Å². The predicted octanol–water partition coefficient (Wildman–Crippen LogP) is 2.27. The fourth-order valence-electron chi connectivity index (χ4n) is 8.66. The number of imide groups is 2. The van der Waals surface area contributed by atoms with Gasteiger partial charge < -0.3 is 10.6 Å². The molecule has 3 N–H and O–H groups in total. The lowest BCUT2D eigenvalue weighted by atomic mass is 9.53. The Hall–Kier alpha value is -3.17. The Morgan fingerprint density at radius 1 is 1.00 bits per heavy atom. The van der Waals surface area contributed by atoms with E-state index >= 15 is 0 Å². The van der Waals surface area contributed by atoms with Crippen LogP contribution in [0.3, 0.4) is 0 Å². The summed E-state index contributed by atoms with van der Waals surface area (Å²) in [4.78, 5) is 56.4. The van der Waals surface area contributed by atoms with Crippen LogP contribution in [0.25, 0.3) is 0 Å². The second-order valence-corrected chi connectivity index (χ2v) is 13.1. The first kappa shape index (κ1) is 25.8. The summed E-state index contributed by atoms with van der Waals surface area (Å²) in [5.74, 6) is 0.805. The molecule has 0 spiro atoms. The van der Waals surface area contributed by atoms with Gasteiger partial charge >= 0.3 is 0 Å². The standard InChI is InChI=1S/C31H37N5O4/c1-17-2-5-23-26(30(40)36(29(23)39)24-6-7-25(37)35-28(24)38)27(17)33-16-22-4-3-18(14-32-22)15-34-31-11-19-8-20(12-31)10-21(9-19)13-31/h2-5,14,17,19-21,24,27,33-34H,6-13,15-16H2,1H3,(H,35,37,38). The fourth-order valence-corrected chi connectivity index (χ4v) is 8.66. The van der Waals surface area contributed by atoms with E-state index in [1.165, 1.54) is 44.1 Å². The highest BCUT2D eigenvalue weighted by Gasteiger charge is 2.51. The second kappa shape index (κ2) is 9.73. The largest absolute Gasteiger partial charge is 0.307 e. The molecule has 3 unspecified atom stereocenters. The molecule has 4 amide bonds. The Kier molecular flexibility index (Phi) is 6.27. The van der Waals surface area contributed by atoms with Crippen LogP contribution in [-0.2, 0) is 32.3 Å². The Morgan fingerprint density at radius 3 is 2.38 bits per heavy atom. The number of nitrogens with zero attached hydrogens (tertiary/aromatic N) is 2. The number of aromatic nitrogens is 1. The number of carbonyl (C=O) groups excluding carboxylic acids is 4. The van der Waals surface area contributed by atoms with Gasteiger partial charge in [-0.15, -0.1) is 0 Å². The highest BCUT2D eigenvalue weighted by Crippen LogP contribution is 2.55. The van der Waals surface area contributed by atoms with Gasteiger partial charge in [0.05, 0.1) is 11.3 Å². The van der Waals surface area contributed by atoms with Crippen LogP contribution < -0.4 is 16.0 Å². The first-order chi connectivity index (χ1) is 19.3. The lowest BCUT2D eigenvalue weighted by Gasteiger charge is -2.57. The highest BCUT2D eigenvalue weighted by atomic mass is 16.2. The van der Waals surface area contributed by atoms with Gasteiger partial charge in [-0.2, -0.15) is 0 Å². The third-order valence-electron chi connectivity index (χ3n) is 10.2. The number of carbonyl (C=O) groups is 4. The zero-order valence-electron chi connectivity index (χ0n) is 22.9. The van der Waals surface area contributed by atoms with Crippen molar-refractivity contribution in [3.05, 3.63) is 52.9 Å². The monoisotopic (exact) mass is 543 g/mol. The number of rotatable bonds is 7. The van der Waals surface area contributed by atoms with Crippen molar-refractivity contribution in [3.63, 3.8) is 0 Å². The van der Waals surface area contributed by atoms with Gasteiger partial charge in [0, 0.05) is 42.9 Å². The molecule has 0 radical (unpaired) electrons. The minimum Gasteiger partial charge on any atom is -0.307 e. The van der Waals surface area contributed by atoms with Gasteiger partial charge in [0.15, 0.2) is 0 Å². The molecule has 2 aliphatic heterocycles. The van der Waals surface area contributed by atoms with Crippen molar-refractivity contribution in [2.24, 2.45) is 23.7 Å². The average Bonchev–Trinajstić information content (AvgIpc) is 3.16. The van der Waals surface area contributed by atoms with E-state index in [0.29, 0.717) is 23.2 Å². The molecule has 210 valence electrons. The number of pyridine rings is 1. The minimum absolute atomic E-state index is 0.0269. The van der Waals surface area contributed by atoms with Gasteiger partial charge in [-0.1, -0.05) is 25.1 Å². The zero-order valence-corrected chi connectivity index (χ0v) is 22.9.